The normalized spacial score (nSPS) is 13.8. The third-order valence-electron chi connectivity index (χ3n) is 8.87. The lowest BCUT2D eigenvalue weighted by Crippen LogP contribution is -2.28. The quantitative estimate of drug-likeness (QED) is 0.0277. The van der Waals surface area contributed by atoms with E-state index >= 15 is 0 Å². The second kappa shape index (κ2) is 39.2. The van der Waals surface area contributed by atoms with Crippen LogP contribution in [0.5, 0.6) is 0 Å². The van der Waals surface area contributed by atoms with Crippen LogP contribution in [0.2, 0.25) is 0 Å². The summed E-state index contributed by atoms with van der Waals surface area (Å²) in [5.74, 6) is -0.342. The Kier molecular flexibility index (Phi) is 38.4. The van der Waals surface area contributed by atoms with Crippen molar-refractivity contribution in [2.24, 2.45) is 5.73 Å². The van der Waals surface area contributed by atoms with Crippen molar-refractivity contribution in [3.8, 4) is 0 Å². The van der Waals surface area contributed by atoms with Gasteiger partial charge in [0.15, 0.2) is 0 Å². The van der Waals surface area contributed by atoms with Crippen molar-refractivity contribution in [3.63, 3.8) is 0 Å². The summed E-state index contributed by atoms with van der Waals surface area (Å²) in [6.45, 7) is 4.91. The van der Waals surface area contributed by atoms with Gasteiger partial charge in [-0.15, -0.1) is 0 Å². The zero-order valence-electron chi connectivity index (χ0n) is 32.6. The van der Waals surface area contributed by atoms with Gasteiger partial charge >= 0.3 is 13.8 Å². The molecule has 50 heavy (non-hydrogen) atoms. The third-order valence-corrected chi connectivity index (χ3v) is 9.86. The first kappa shape index (κ1) is 49.0. The molecular weight excluding hydrogens is 649 g/mol. The highest BCUT2D eigenvalue weighted by molar-refractivity contribution is 7.47. The molecular formula is C41H80NO7P. The minimum Gasteiger partial charge on any atom is -0.457 e. The average molecular weight is 730 g/mol. The van der Waals surface area contributed by atoms with Crippen LogP contribution in [-0.2, 0) is 27.9 Å². The molecule has 8 nitrogen and oxygen atoms in total. The van der Waals surface area contributed by atoms with E-state index in [1.807, 2.05) is 0 Å². The SMILES string of the molecule is CCCCCC/C=C\C/C=C\CCCCCCCC(=O)OC(COCCCCCCCCCCCCCCCCC)COP(=O)(O)OCCN. The second-order valence-corrected chi connectivity index (χ2v) is 15.3. The van der Waals surface area contributed by atoms with E-state index in [1.165, 1.54) is 116 Å². The molecule has 0 bridgehead atoms. The molecule has 0 radical (unpaired) electrons. The topological polar surface area (TPSA) is 117 Å². The van der Waals surface area contributed by atoms with E-state index in [2.05, 4.69) is 38.2 Å². The van der Waals surface area contributed by atoms with Gasteiger partial charge in [0.05, 0.1) is 19.8 Å². The molecule has 0 heterocycles. The highest BCUT2D eigenvalue weighted by Crippen LogP contribution is 2.43. The second-order valence-electron chi connectivity index (χ2n) is 13.9. The number of carbonyl (C=O) groups is 1. The predicted molar refractivity (Wildman–Crippen MR) is 210 cm³/mol. The maximum absolute atomic E-state index is 12.6. The fraction of sp³-hybridized carbons (Fsp3) is 0.878. The molecule has 0 spiro atoms. The Morgan fingerprint density at radius 3 is 1.58 bits per heavy atom. The number of esters is 1. The minimum absolute atomic E-state index is 0.0964. The first-order valence-electron chi connectivity index (χ1n) is 20.8. The first-order valence-corrected chi connectivity index (χ1v) is 22.3. The summed E-state index contributed by atoms with van der Waals surface area (Å²) in [4.78, 5) is 22.4. The fourth-order valence-corrected chi connectivity index (χ4v) is 6.56. The zero-order valence-corrected chi connectivity index (χ0v) is 33.5. The summed E-state index contributed by atoms with van der Waals surface area (Å²) in [6, 6.07) is 0. The van der Waals surface area contributed by atoms with E-state index in [0.717, 1.165) is 57.8 Å². The van der Waals surface area contributed by atoms with Crippen molar-refractivity contribution >= 4 is 13.8 Å². The van der Waals surface area contributed by atoms with Gasteiger partial charge in [-0.25, -0.2) is 4.57 Å². The summed E-state index contributed by atoms with van der Waals surface area (Å²) in [5, 5.41) is 0. The molecule has 0 saturated heterocycles. The van der Waals surface area contributed by atoms with Gasteiger partial charge in [-0.05, 0) is 44.9 Å². The Morgan fingerprint density at radius 2 is 1.06 bits per heavy atom. The Bertz CT molecular complexity index is 823. The van der Waals surface area contributed by atoms with Gasteiger partial charge in [0, 0.05) is 19.6 Å². The Balaban J connectivity index is 4.06. The highest BCUT2D eigenvalue weighted by Gasteiger charge is 2.25. The summed E-state index contributed by atoms with van der Waals surface area (Å²) in [5.41, 5.74) is 5.36. The van der Waals surface area contributed by atoms with Gasteiger partial charge in [0.2, 0.25) is 0 Å². The lowest BCUT2D eigenvalue weighted by atomic mass is 10.0. The molecule has 0 aliphatic heterocycles. The van der Waals surface area contributed by atoms with Gasteiger partial charge in [-0.3, -0.25) is 13.8 Å². The predicted octanol–water partition coefficient (Wildman–Crippen LogP) is 12.1. The van der Waals surface area contributed by atoms with Crippen LogP contribution in [0.15, 0.2) is 24.3 Å². The van der Waals surface area contributed by atoms with Crippen molar-refractivity contribution in [1.29, 1.82) is 0 Å². The van der Waals surface area contributed by atoms with E-state index < -0.39 is 13.9 Å². The van der Waals surface area contributed by atoms with Crippen molar-refractivity contribution in [2.75, 3.05) is 33.0 Å². The van der Waals surface area contributed by atoms with E-state index in [9.17, 15) is 14.3 Å². The number of nitrogens with two attached hydrogens (primary N) is 1. The van der Waals surface area contributed by atoms with Gasteiger partial charge in [0.25, 0.3) is 0 Å². The van der Waals surface area contributed by atoms with Crippen molar-refractivity contribution in [1.82, 2.24) is 0 Å². The summed E-state index contributed by atoms with van der Waals surface area (Å²) in [6.07, 6.45) is 41.8. The van der Waals surface area contributed by atoms with Crippen LogP contribution in [0.3, 0.4) is 0 Å². The Labute approximate surface area is 308 Å². The number of hydrogen-bond donors (Lipinski definition) is 2. The van der Waals surface area contributed by atoms with Crippen LogP contribution in [-0.4, -0.2) is 49.9 Å². The van der Waals surface area contributed by atoms with E-state index in [0.29, 0.717) is 13.0 Å². The lowest BCUT2D eigenvalue weighted by molar-refractivity contribution is -0.154. The summed E-state index contributed by atoms with van der Waals surface area (Å²) < 4.78 is 33.4. The van der Waals surface area contributed by atoms with Gasteiger partial charge in [0.1, 0.15) is 6.10 Å². The third kappa shape index (κ3) is 38.2. The number of hydrogen-bond acceptors (Lipinski definition) is 7. The van der Waals surface area contributed by atoms with Gasteiger partial charge in [-0.1, -0.05) is 167 Å². The summed E-state index contributed by atoms with van der Waals surface area (Å²) in [7, 11) is -4.27. The molecule has 3 N–H and O–H groups in total. The van der Waals surface area contributed by atoms with Crippen LogP contribution in [0.25, 0.3) is 0 Å². The fourth-order valence-electron chi connectivity index (χ4n) is 5.79. The van der Waals surface area contributed by atoms with Crippen LogP contribution >= 0.6 is 7.82 Å². The molecule has 0 aliphatic carbocycles. The van der Waals surface area contributed by atoms with Crippen LogP contribution in [0, 0.1) is 0 Å². The number of unbranched alkanes of at least 4 members (excludes halogenated alkanes) is 23. The monoisotopic (exact) mass is 730 g/mol. The number of ether oxygens (including phenoxy) is 2. The Morgan fingerprint density at radius 1 is 0.600 bits per heavy atom. The van der Waals surface area contributed by atoms with Crippen molar-refractivity contribution < 1.29 is 32.8 Å². The van der Waals surface area contributed by atoms with Crippen LogP contribution in [0.4, 0.5) is 0 Å². The molecule has 0 aromatic carbocycles. The maximum Gasteiger partial charge on any atom is 0.472 e. The number of allylic oxidation sites excluding steroid dienone is 4. The van der Waals surface area contributed by atoms with Gasteiger partial charge < -0.3 is 20.1 Å². The smallest absolute Gasteiger partial charge is 0.457 e. The molecule has 0 aliphatic rings. The minimum atomic E-state index is -4.27. The Hall–Kier alpha value is -1.02. The standard InChI is InChI=1S/C41H80NO7P/c1-3-5-7-9-11-13-15-17-19-20-22-24-26-28-30-32-34-41(43)49-40(39-48-50(44,45)47-37-35-42)38-46-36-33-31-29-27-25-23-21-18-16-14-12-10-8-6-4-2/h13,15,19-20,40H,3-12,14,16-18,21-39,42H2,1-2H3,(H,44,45)/b15-13-,20-19-. The molecule has 2 unspecified atom stereocenters. The molecule has 2 atom stereocenters. The average Bonchev–Trinajstić information content (AvgIpc) is 3.10. The molecule has 0 aromatic heterocycles. The molecule has 0 amide bonds. The lowest BCUT2D eigenvalue weighted by Gasteiger charge is -2.20. The zero-order chi connectivity index (χ0) is 36.6. The number of rotatable bonds is 40. The van der Waals surface area contributed by atoms with E-state index in [-0.39, 0.29) is 32.3 Å². The van der Waals surface area contributed by atoms with Crippen LogP contribution < -0.4 is 5.73 Å². The number of phosphoric ester groups is 1. The van der Waals surface area contributed by atoms with Crippen LogP contribution in [0.1, 0.15) is 194 Å². The van der Waals surface area contributed by atoms with E-state index in [4.69, 9.17) is 24.3 Å². The summed E-state index contributed by atoms with van der Waals surface area (Å²) >= 11 is 0. The van der Waals surface area contributed by atoms with Gasteiger partial charge in [-0.2, -0.15) is 0 Å². The first-order chi connectivity index (χ1) is 24.4. The molecule has 0 aromatic rings. The molecule has 0 fully saturated rings. The largest absolute Gasteiger partial charge is 0.472 e. The highest BCUT2D eigenvalue weighted by atomic mass is 31.2. The number of carbonyl (C=O) groups excluding carboxylic acids is 1. The maximum atomic E-state index is 12.6. The molecule has 0 saturated carbocycles. The number of phosphoric acid groups is 1. The van der Waals surface area contributed by atoms with Crippen molar-refractivity contribution in [3.05, 3.63) is 24.3 Å². The molecule has 0 rings (SSSR count). The van der Waals surface area contributed by atoms with E-state index in [1.54, 1.807) is 0 Å². The van der Waals surface area contributed by atoms with Crippen molar-refractivity contribution in [2.45, 2.75) is 200 Å². The molecule has 9 heteroatoms. The molecule has 296 valence electrons.